The van der Waals surface area contributed by atoms with Gasteiger partial charge >= 0.3 is 0 Å². The number of carbonyl (C=O) groups is 1. The van der Waals surface area contributed by atoms with Gasteiger partial charge in [-0.3, -0.25) is 9.69 Å². The molecular formula is C13H20FN3O. The number of nitrogens with zero attached hydrogens (tertiary/aromatic N) is 1. The molecule has 0 aromatic heterocycles. The maximum absolute atomic E-state index is 13.1. The average molecular weight is 253 g/mol. The van der Waals surface area contributed by atoms with Crippen LogP contribution in [-0.2, 0) is 4.79 Å². The second-order valence-corrected chi connectivity index (χ2v) is 4.35. The summed E-state index contributed by atoms with van der Waals surface area (Å²) < 4.78 is 13.1. The summed E-state index contributed by atoms with van der Waals surface area (Å²) in [5.41, 5.74) is 1.38. The lowest BCUT2D eigenvalue weighted by Gasteiger charge is -2.16. The summed E-state index contributed by atoms with van der Waals surface area (Å²) in [5.74, 6) is -0.484. The summed E-state index contributed by atoms with van der Waals surface area (Å²) in [7, 11) is 3.74. The molecule has 5 heteroatoms. The van der Waals surface area contributed by atoms with Gasteiger partial charge in [0, 0.05) is 18.8 Å². The van der Waals surface area contributed by atoms with Crippen LogP contribution in [0.1, 0.15) is 5.56 Å². The Morgan fingerprint density at radius 3 is 2.83 bits per heavy atom. The minimum Gasteiger partial charge on any atom is -0.325 e. The summed E-state index contributed by atoms with van der Waals surface area (Å²) in [4.78, 5) is 13.7. The molecule has 0 saturated carbocycles. The number of carbonyl (C=O) groups excluding carboxylic acids is 1. The summed E-state index contributed by atoms with van der Waals surface area (Å²) in [6, 6.07) is 4.36. The molecule has 1 aromatic carbocycles. The van der Waals surface area contributed by atoms with Crippen LogP contribution in [0.3, 0.4) is 0 Å². The summed E-state index contributed by atoms with van der Waals surface area (Å²) in [6.45, 7) is 3.73. The van der Waals surface area contributed by atoms with E-state index in [2.05, 4.69) is 10.6 Å². The number of hydrogen-bond donors (Lipinski definition) is 2. The molecule has 4 nitrogen and oxygen atoms in total. The van der Waals surface area contributed by atoms with Gasteiger partial charge in [0.15, 0.2) is 0 Å². The van der Waals surface area contributed by atoms with E-state index in [-0.39, 0.29) is 18.3 Å². The number of rotatable bonds is 6. The Bertz CT molecular complexity index is 409. The third kappa shape index (κ3) is 4.81. The lowest BCUT2D eigenvalue weighted by molar-refractivity contribution is -0.117. The van der Waals surface area contributed by atoms with Crippen molar-refractivity contribution >= 4 is 11.6 Å². The molecule has 0 bridgehead atoms. The van der Waals surface area contributed by atoms with Crippen molar-refractivity contribution in [1.29, 1.82) is 0 Å². The highest BCUT2D eigenvalue weighted by molar-refractivity contribution is 5.92. The van der Waals surface area contributed by atoms with E-state index >= 15 is 0 Å². The molecule has 0 heterocycles. The molecule has 1 amide bonds. The molecule has 0 spiro atoms. The van der Waals surface area contributed by atoms with E-state index in [4.69, 9.17) is 0 Å². The summed E-state index contributed by atoms with van der Waals surface area (Å²) in [6.07, 6.45) is 0. The highest BCUT2D eigenvalue weighted by Gasteiger charge is 2.08. The Morgan fingerprint density at radius 2 is 2.17 bits per heavy atom. The van der Waals surface area contributed by atoms with Crippen molar-refractivity contribution in [3.8, 4) is 0 Å². The number of anilines is 1. The zero-order valence-electron chi connectivity index (χ0n) is 11.1. The van der Waals surface area contributed by atoms with E-state index < -0.39 is 0 Å². The molecule has 0 radical (unpaired) electrons. The minimum absolute atomic E-state index is 0.137. The van der Waals surface area contributed by atoms with Crippen molar-refractivity contribution in [2.45, 2.75) is 6.92 Å². The molecule has 100 valence electrons. The van der Waals surface area contributed by atoms with E-state index in [0.717, 1.165) is 18.7 Å². The second kappa shape index (κ2) is 7.08. The number of halogens is 1. The number of amides is 1. The normalized spacial score (nSPS) is 10.7. The van der Waals surface area contributed by atoms with Crippen molar-refractivity contribution < 1.29 is 9.18 Å². The predicted molar refractivity (Wildman–Crippen MR) is 71.2 cm³/mol. The largest absolute Gasteiger partial charge is 0.325 e. The van der Waals surface area contributed by atoms with Crippen LogP contribution in [0.2, 0.25) is 0 Å². The average Bonchev–Trinajstić information content (AvgIpc) is 2.31. The van der Waals surface area contributed by atoms with Gasteiger partial charge in [-0.15, -0.1) is 0 Å². The Morgan fingerprint density at radius 1 is 1.44 bits per heavy atom. The van der Waals surface area contributed by atoms with Crippen LogP contribution in [0, 0.1) is 12.7 Å². The number of nitrogens with one attached hydrogen (secondary N) is 2. The topological polar surface area (TPSA) is 44.4 Å². The number of benzene rings is 1. The smallest absolute Gasteiger partial charge is 0.238 e. The summed E-state index contributed by atoms with van der Waals surface area (Å²) >= 11 is 0. The first-order chi connectivity index (χ1) is 8.52. The van der Waals surface area contributed by atoms with Gasteiger partial charge in [-0.1, -0.05) is 6.07 Å². The predicted octanol–water partition coefficient (Wildman–Crippen LogP) is 1.22. The van der Waals surface area contributed by atoms with Gasteiger partial charge in [-0.05, 0) is 38.7 Å². The van der Waals surface area contributed by atoms with Gasteiger partial charge in [0.25, 0.3) is 0 Å². The fraction of sp³-hybridized carbons (Fsp3) is 0.462. The molecule has 0 fully saturated rings. The lowest BCUT2D eigenvalue weighted by Crippen LogP contribution is -2.34. The summed E-state index contributed by atoms with van der Waals surface area (Å²) in [5, 5.41) is 5.73. The van der Waals surface area contributed by atoms with Crippen LogP contribution in [0.5, 0.6) is 0 Å². The van der Waals surface area contributed by atoms with Crippen molar-refractivity contribution in [2.75, 3.05) is 39.0 Å². The van der Waals surface area contributed by atoms with Crippen LogP contribution in [0.4, 0.5) is 10.1 Å². The molecule has 1 aromatic rings. The van der Waals surface area contributed by atoms with E-state index in [9.17, 15) is 9.18 Å². The molecule has 0 aliphatic rings. The van der Waals surface area contributed by atoms with Crippen molar-refractivity contribution in [2.24, 2.45) is 0 Å². The number of likely N-dealkylation sites (N-methyl/N-ethyl adjacent to an activating group) is 2. The molecule has 2 N–H and O–H groups in total. The molecule has 1 rings (SSSR count). The van der Waals surface area contributed by atoms with Gasteiger partial charge in [-0.25, -0.2) is 4.39 Å². The Hall–Kier alpha value is -1.46. The SMILES string of the molecule is CNCCN(C)CC(=O)Nc1cc(F)ccc1C. The van der Waals surface area contributed by atoms with E-state index in [1.54, 1.807) is 6.07 Å². The zero-order chi connectivity index (χ0) is 13.5. The number of aryl methyl sites for hydroxylation is 1. The van der Waals surface area contributed by atoms with Crippen LogP contribution in [0.25, 0.3) is 0 Å². The maximum Gasteiger partial charge on any atom is 0.238 e. The van der Waals surface area contributed by atoms with Crippen molar-refractivity contribution in [3.63, 3.8) is 0 Å². The lowest BCUT2D eigenvalue weighted by atomic mass is 10.2. The number of hydrogen-bond acceptors (Lipinski definition) is 3. The third-order valence-corrected chi connectivity index (χ3v) is 2.63. The molecule has 0 saturated heterocycles. The quantitative estimate of drug-likeness (QED) is 0.801. The molecular weight excluding hydrogens is 233 g/mol. The molecule has 0 aliphatic carbocycles. The second-order valence-electron chi connectivity index (χ2n) is 4.35. The van der Waals surface area contributed by atoms with Crippen molar-refractivity contribution in [3.05, 3.63) is 29.6 Å². The Kier molecular flexibility index (Phi) is 5.74. The molecule has 0 aliphatic heterocycles. The fourth-order valence-corrected chi connectivity index (χ4v) is 1.55. The van der Waals surface area contributed by atoms with Gasteiger partial charge in [0.2, 0.25) is 5.91 Å². The van der Waals surface area contributed by atoms with Gasteiger partial charge in [0.1, 0.15) is 5.82 Å². The van der Waals surface area contributed by atoms with E-state index in [0.29, 0.717) is 5.69 Å². The maximum atomic E-state index is 13.1. The molecule has 18 heavy (non-hydrogen) atoms. The standard InChI is InChI=1S/C13H20FN3O/c1-10-4-5-11(14)8-12(10)16-13(18)9-17(3)7-6-15-2/h4-5,8,15H,6-7,9H2,1-3H3,(H,16,18). The van der Waals surface area contributed by atoms with E-state index in [1.807, 2.05) is 25.9 Å². The molecule has 0 atom stereocenters. The van der Waals surface area contributed by atoms with Crippen LogP contribution >= 0.6 is 0 Å². The Balaban J connectivity index is 2.51. The molecule has 0 unspecified atom stereocenters. The highest BCUT2D eigenvalue weighted by Crippen LogP contribution is 2.15. The highest BCUT2D eigenvalue weighted by atomic mass is 19.1. The van der Waals surface area contributed by atoms with E-state index in [1.165, 1.54) is 12.1 Å². The first-order valence-electron chi connectivity index (χ1n) is 5.92. The Labute approximate surface area is 107 Å². The minimum atomic E-state index is -0.348. The van der Waals surface area contributed by atoms with Gasteiger partial charge in [0.05, 0.1) is 6.54 Å². The van der Waals surface area contributed by atoms with Gasteiger partial charge < -0.3 is 10.6 Å². The first kappa shape index (κ1) is 14.6. The fourth-order valence-electron chi connectivity index (χ4n) is 1.55. The third-order valence-electron chi connectivity index (χ3n) is 2.63. The van der Waals surface area contributed by atoms with Gasteiger partial charge in [-0.2, -0.15) is 0 Å². The zero-order valence-corrected chi connectivity index (χ0v) is 11.1. The van der Waals surface area contributed by atoms with Crippen LogP contribution in [0.15, 0.2) is 18.2 Å². The first-order valence-corrected chi connectivity index (χ1v) is 5.92. The van der Waals surface area contributed by atoms with Crippen molar-refractivity contribution in [1.82, 2.24) is 10.2 Å². The van der Waals surface area contributed by atoms with Crippen LogP contribution < -0.4 is 10.6 Å². The van der Waals surface area contributed by atoms with Crippen LogP contribution in [-0.4, -0.2) is 44.5 Å². The monoisotopic (exact) mass is 253 g/mol.